The minimum Gasteiger partial charge on any atom is -0.290 e. The molecule has 1 aromatic carbocycles. The number of ketones is 1. The SMILES string of the molecule is Cc1cccc([C@@H]2[C@@H](F)[C@@]3(F)C(F)=C(F)[C@]2(F)C(=O)[C@]3(F)Cl)c1. The molecular weight excluding hydrogens is 346 g/mol. The van der Waals surface area contributed by atoms with Gasteiger partial charge in [-0.25, -0.2) is 26.3 Å². The minimum absolute atomic E-state index is 0.301. The van der Waals surface area contributed by atoms with E-state index in [1.54, 1.807) is 0 Å². The highest BCUT2D eigenvalue weighted by molar-refractivity contribution is 6.37. The minimum atomic E-state index is -4.43. The maximum Gasteiger partial charge on any atom is 0.288 e. The van der Waals surface area contributed by atoms with E-state index in [1.807, 2.05) is 0 Å². The van der Waals surface area contributed by atoms with E-state index in [0.29, 0.717) is 5.56 Å². The molecule has 0 aliphatic heterocycles. The van der Waals surface area contributed by atoms with Gasteiger partial charge in [0.15, 0.2) is 17.8 Å². The topological polar surface area (TPSA) is 17.1 Å². The summed E-state index contributed by atoms with van der Waals surface area (Å²) in [5.41, 5.74) is -8.31. The number of Topliss-reactive ketones (excluding diaryl/α,β-unsaturated/α-hetero) is 1. The van der Waals surface area contributed by atoms with E-state index < -0.39 is 46.0 Å². The van der Waals surface area contributed by atoms with Gasteiger partial charge in [0, 0.05) is 0 Å². The fourth-order valence-electron chi connectivity index (χ4n) is 3.22. The molecule has 0 heterocycles. The number of rotatable bonds is 1. The number of benzene rings is 1. The van der Waals surface area contributed by atoms with Gasteiger partial charge in [0.1, 0.15) is 0 Å². The quantitative estimate of drug-likeness (QED) is 0.536. The van der Waals surface area contributed by atoms with E-state index in [4.69, 9.17) is 11.6 Å². The second-order valence-corrected chi connectivity index (χ2v) is 6.27. The Balaban J connectivity index is 2.34. The summed E-state index contributed by atoms with van der Waals surface area (Å²) >= 11 is 4.98. The Morgan fingerprint density at radius 3 is 2.30 bits per heavy atom. The van der Waals surface area contributed by atoms with Crippen molar-refractivity contribution in [3.63, 3.8) is 0 Å². The molecule has 0 amide bonds. The number of alkyl halides is 5. The monoisotopic (exact) mass is 354 g/mol. The molecule has 1 nitrogen and oxygen atoms in total. The highest BCUT2D eigenvalue weighted by atomic mass is 35.5. The molecule has 2 bridgehead atoms. The van der Waals surface area contributed by atoms with Crippen molar-refractivity contribution in [1.82, 2.24) is 0 Å². The lowest BCUT2D eigenvalue weighted by atomic mass is 9.59. The lowest BCUT2D eigenvalue weighted by Crippen LogP contribution is -2.74. The van der Waals surface area contributed by atoms with E-state index >= 15 is 4.39 Å². The van der Waals surface area contributed by atoms with Gasteiger partial charge in [0.05, 0.1) is 5.92 Å². The highest BCUT2D eigenvalue weighted by Crippen LogP contribution is 2.65. The van der Waals surface area contributed by atoms with E-state index in [0.717, 1.165) is 6.07 Å². The lowest BCUT2D eigenvalue weighted by molar-refractivity contribution is -0.174. The molecule has 4 rings (SSSR count). The normalized spacial score (nSPS) is 43.2. The predicted octanol–water partition coefficient (Wildman–Crippen LogP) is 4.48. The first kappa shape index (κ1) is 16.4. The molecule has 0 unspecified atom stereocenters. The zero-order valence-electron chi connectivity index (χ0n) is 11.5. The van der Waals surface area contributed by atoms with Gasteiger partial charge in [0.25, 0.3) is 10.8 Å². The molecule has 0 N–H and O–H groups in total. The Bertz CT molecular complexity index is 747. The molecular formula is C15H9ClF6O. The molecule has 8 heteroatoms. The molecule has 124 valence electrons. The van der Waals surface area contributed by atoms with Gasteiger partial charge in [0.2, 0.25) is 11.5 Å². The van der Waals surface area contributed by atoms with Crippen LogP contribution in [0.2, 0.25) is 0 Å². The second kappa shape index (κ2) is 4.53. The number of hydrogen-bond acceptors (Lipinski definition) is 1. The van der Waals surface area contributed by atoms with Crippen LogP contribution in [0, 0.1) is 6.92 Å². The van der Waals surface area contributed by atoms with Crippen molar-refractivity contribution >= 4 is 17.4 Å². The van der Waals surface area contributed by atoms with Crippen LogP contribution in [-0.4, -0.2) is 28.4 Å². The van der Waals surface area contributed by atoms with Gasteiger partial charge in [-0.1, -0.05) is 41.4 Å². The van der Waals surface area contributed by atoms with Crippen LogP contribution in [0.25, 0.3) is 0 Å². The van der Waals surface area contributed by atoms with Crippen LogP contribution in [0.1, 0.15) is 17.0 Å². The number of halogens is 7. The largest absolute Gasteiger partial charge is 0.290 e. The molecule has 0 aromatic heterocycles. The molecule has 1 saturated carbocycles. The first-order valence-corrected chi connectivity index (χ1v) is 6.95. The summed E-state index contributed by atoms with van der Waals surface area (Å²) in [5, 5.41) is -4.37. The maximum absolute atomic E-state index is 15.0. The zero-order valence-corrected chi connectivity index (χ0v) is 12.3. The Morgan fingerprint density at radius 2 is 1.74 bits per heavy atom. The Hall–Kier alpha value is -1.50. The summed E-state index contributed by atoms with van der Waals surface area (Å²) in [4.78, 5) is 11.9. The van der Waals surface area contributed by atoms with Gasteiger partial charge in [-0.2, -0.15) is 0 Å². The van der Waals surface area contributed by atoms with Crippen LogP contribution in [0.3, 0.4) is 0 Å². The first-order chi connectivity index (χ1) is 10.5. The standard InChI is InChI=1S/C15H9ClF6O/c1-6-3-2-4-7(5-6)8-9(17)14(21)11(19)10(18)13(8,20)12(23)15(14,16)22/h2-5,8-9H,1H3/t8-,9-,13+,14-,15-/m1/s1. The van der Waals surface area contributed by atoms with Crippen molar-refractivity contribution in [3.05, 3.63) is 47.0 Å². The van der Waals surface area contributed by atoms with Crippen LogP contribution in [0.4, 0.5) is 26.3 Å². The van der Waals surface area contributed by atoms with Gasteiger partial charge < -0.3 is 0 Å². The summed E-state index contributed by atoms with van der Waals surface area (Å²) in [6, 6.07) is 5.15. The van der Waals surface area contributed by atoms with Crippen LogP contribution >= 0.6 is 11.6 Å². The van der Waals surface area contributed by atoms with Crippen molar-refractivity contribution in [3.8, 4) is 0 Å². The molecule has 3 aliphatic carbocycles. The number of aryl methyl sites for hydroxylation is 1. The molecule has 0 spiro atoms. The fraction of sp³-hybridized carbons (Fsp3) is 0.400. The third-order valence-corrected chi connectivity index (χ3v) is 4.85. The van der Waals surface area contributed by atoms with E-state index in [1.165, 1.54) is 25.1 Å². The van der Waals surface area contributed by atoms with Crippen molar-refractivity contribution < 1.29 is 31.1 Å². The summed E-state index contributed by atoms with van der Waals surface area (Å²) in [5.74, 6) is -9.90. The summed E-state index contributed by atoms with van der Waals surface area (Å²) in [7, 11) is 0. The molecule has 0 radical (unpaired) electrons. The van der Waals surface area contributed by atoms with Gasteiger partial charge in [-0.3, -0.25) is 4.79 Å². The summed E-state index contributed by atoms with van der Waals surface area (Å²) < 4.78 is 86.1. The van der Waals surface area contributed by atoms with Crippen LogP contribution in [-0.2, 0) is 4.79 Å². The van der Waals surface area contributed by atoms with Crippen molar-refractivity contribution in [2.24, 2.45) is 0 Å². The molecule has 0 saturated heterocycles. The average Bonchev–Trinajstić information content (AvgIpc) is 2.49. The molecule has 1 aromatic rings. The van der Waals surface area contributed by atoms with Gasteiger partial charge >= 0.3 is 0 Å². The Morgan fingerprint density at radius 1 is 1.13 bits per heavy atom. The zero-order chi connectivity index (χ0) is 17.4. The van der Waals surface area contributed by atoms with Crippen LogP contribution in [0.15, 0.2) is 35.9 Å². The van der Waals surface area contributed by atoms with E-state index in [9.17, 15) is 26.7 Å². The Kier molecular flexibility index (Phi) is 3.22. The Labute approximate surface area is 131 Å². The summed E-state index contributed by atoms with van der Waals surface area (Å²) in [6.07, 6.45) is -3.23. The van der Waals surface area contributed by atoms with Crippen LogP contribution < -0.4 is 0 Å². The molecule has 3 aliphatic rings. The second-order valence-electron chi connectivity index (χ2n) is 5.75. The number of carbonyl (C=O) groups excluding carboxylic acids is 1. The van der Waals surface area contributed by atoms with Crippen molar-refractivity contribution in [1.29, 1.82) is 0 Å². The average molecular weight is 355 g/mol. The third-order valence-electron chi connectivity index (χ3n) is 4.41. The van der Waals surface area contributed by atoms with E-state index in [-0.39, 0.29) is 5.56 Å². The van der Waals surface area contributed by atoms with Gasteiger partial charge in [-0.05, 0) is 12.5 Å². The summed E-state index contributed by atoms with van der Waals surface area (Å²) in [6.45, 7) is 1.53. The number of fused-ring (bicyclic) bond motifs is 2. The van der Waals surface area contributed by atoms with Crippen molar-refractivity contribution in [2.75, 3.05) is 0 Å². The molecule has 1 fully saturated rings. The van der Waals surface area contributed by atoms with Crippen molar-refractivity contribution in [2.45, 2.75) is 35.5 Å². The predicted molar refractivity (Wildman–Crippen MR) is 70.4 cm³/mol. The number of carbonyl (C=O) groups is 1. The number of hydrogen-bond donors (Lipinski definition) is 0. The highest BCUT2D eigenvalue weighted by Gasteiger charge is 2.84. The van der Waals surface area contributed by atoms with Gasteiger partial charge in [-0.15, -0.1) is 0 Å². The molecule has 23 heavy (non-hydrogen) atoms. The maximum atomic E-state index is 15.0. The fourth-order valence-corrected chi connectivity index (χ4v) is 3.54. The first-order valence-electron chi connectivity index (χ1n) is 6.58. The van der Waals surface area contributed by atoms with Crippen LogP contribution in [0.5, 0.6) is 0 Å². The lowest BCUT2D eigenvalue weighted by Gasteiger charge is -2.52. The van der Waals surface area contributed by atoms with E-state index in [2.05, 4.69) is 0 Å². The number of allylic oxidation sites excluding steroid dienone is 2. The smallest absolute Gasteiger partial charge is 0.288 e. The molecule has 5 atom stereocenters. The third kappa shape index (κ3) is 1.64.